The molecule has 0 saturated heterocycles. The molecule has 0 unspecified atom stereocenters. The van der Waals surface area contributed by atoms with E-state index in [9.17, 15) is 24.5 Å². The maximum atomic E-state index is 12.3. The zero-order valence-electron chi connectivity index (χ0n) is 14.2. The molecule has 0 atom stereocenters. The molecule has 140 valence electrons. The lowest BCUT2D eigenvalue weighted by Crippen LogP contribution is -2.44. The van der Waals surface area contributed by atoms with Crippen LogP contribution >= 0.6 is 11.3 Å². The largest absolute Gasteiger partial charge is 0.477 e. The van der Waals surface area contributed by atoms with E-state index in [0.29, 0.717) is 10.6 Å². The molecule has 12 heteroatoms. The van der Waals surface area contributed by atoms with Gasteiger partial charge in [0, 0.05) is 13.0 Å². The second kappa shape index (κ2) is 7.07. The molecule has 0 aliphatic carbocycles. The highest BCUT2D eigenvalue weighted by molar-refractivity contribution is 7.17. The van der Waals surface area contributed by atoms with Crippen LogP contribution in [0.15, 0.2) is 12.1 Å². The van der Waals surface area contributed by atoms with Crippen LogP contribution in [0.3, 0.4) is 0 Å². The maximum absolute atomic E-state index is 12.3. The van der Waals surface area contributed by atoms with Gasteiger partial charge in [-0.05, 0) is 22.9 Å². The number of thiazole rings is 1. The first kappa shape index (κ1) is 18.4. The first-order chi connectivity index (χ1) is 12.8. The Morgan fingerprint density at radius 2 is 2.15 bits per heavy atom. The number of aryl methyl sites for hydroxylation is 1. The fraction of sp³-hybridized carbons (Fsp3) is 0.267. The van der Waals surface area contributed by atoms with Gasteiger partial charge in [-0.25, -0.2) is 4.98 Å². The van der Waals surface area contributed by atoms with Crippen LogP contribution in [-0.2, 0) is 9.59 Å². The van der Waals surface area contributed by atoms with Crippen LogP contribution in [0, 0.1) is 17.0 Å². The van der Waals surface area contributed by atoms with Crippen molar-refractivity contribution in [3.05, 3.63) is 32.8 Å². The molecule has 1 N–H and O–H groups in total. The lowest BCUT2D eigenvalue weighted by atomic mass is 10.3. The number of nitrogens with one attached hydrogen (secondary N) is 1. The highest BCUT2D eigenvalue weighted by Crippen LogP contribution is 2.32. The summed E-state index contributed by atoms with van der Waals surface area (Å²) in [5.41, 5.74) is 0.493. The molecule has 27 heavy (non-hydrogen) atoms. The standard InChI is InChI=1S/C15H13N5O6S/c1-7-13(8(2)21)27-15(16-7)18-11(22)5-19-12(23)6-26-9-3-4-10(20(24)25)17-14(9)19/h3-4H,5-6H2,1-2H3,(H,16,18,22). The number of Topliss-reactive ketones (excluding diaryl/α,β-unsaturated/α-hetero) is 1. The van der Waals surface area contributed by atoms with Gasteiger partial charge in [0.25, 0.3) is 11.7 Å². The Morgan fingerprint density at radius 3 is 2.78 bits per heavy atom. The molecule has 0 spiro atoms. The number of hydrogen-bond donors (Lipinski definition) is 1. The van der Waals surface area contributed by atoms with Crippen molar-refractivity contribution in [2.75, 3.05) is 23.4 Å². The fourth-order valence-electron chi connectivity index (χ4n) is 2.41. The molecule has 1 aliphatic heterocycles. The minimum atomic E-state index is -0.709. The monoisotopic (exact) mass is 391 g/mol. The summed E-state index contributed by atoms with van der Waals surface area (Å²) >= 11 is 1.03. The van der Waals surface area contributed by atoms with E-state index in [1.807, 2.05) is 0 Å². The van der Waals surface area contributed by atoms with Gasteiger partial charge in [0.05, 0.1) is 10.6 Å². The van der Waals surface area contributed by atoms with Crippen LogP contribution in [0.2, 0.25) is 0 Å². The molecule has 1 aliphatic rings. The number of amides is 2. The first-order valence-electron chi connectivity index (χ1n) is 7.63. The van der Waals surface area contributed by atoms with E-state index in [2.05, 4.69) is 15.3 Å². The second-order valence-electron chi connectivity index (χ2n) is 5.55. The molecule has 2 aromatic rings. The van der Waals surface area contributed by atoms with Crippen molar-refractivity contribution in [3.8, 4) is 5.75 Å². The van der Waals surface area contributed by atoms with Gasteiger partial charge in [0.1, 0.15) is 6.54 Å². The van der Waals surface area contributed by atoms with Crippen LogP contribution in [0.25, 0.3) is 0 Å². The fourth-order valence-corrected chi connectivity index (χ4v) is 3.29. The molecular weight excluding hydrogens is 378 g/mol. The lowest BCUT2D eigenvalue weighted by Gasteiger charge is -2.24. The zero-order valence-corrected chi connectivity index (χ0v) is 15.0. The van der Waals surface area contributed by atoms with E-state index in [1.54, 1.807) is 6.92 Å². The summed E-state index contributed by atoms with van der Waals surface area (Å²) in [4.78, 5) is 55.4. The van der Waals surface area contributed by atoms with E-state index in [1.165, 1.54) is 13.0 Å². The van der Waals surface area contributed by atoms with E-state index in [4.69, 9.17) is 4.74 Å². The van der Waals surface area contributed by atoms with E-state index in [-0.39, 0.29) is 29.1 Å². The van der Waals surface area contributed by atoms with Crippen molar-refractivity contribution in [1.29, 1.82) is 0 Å². The molecule has 11 nitrogen and oxygen atoms in total. The number of anilines is 2. The number of fused-ring (bicyclic) bond motifs is 1. The van der Waals surface area contributed by atoms with Crippen molar-refractivity contribution in [2.24, 2.45) is 0 Å². The molecule has 3 heterocycles. The smallest absolute Gasteiger partial charge is 0.366 e. The van der Waals surface area contributed by atoms with Crippen molar-refractivity contribution < 1.29 is 24.0 Å². The minimum Gasteiger partial charge on any atom is -0.477 e. The topological polar surface area (TPSA) is 145 Å². The van der Waals surface area contributed by atoms with Gasteiger partial charge in [-0.3, -0.25) is 19.3 Å². The Bertz CT molecular complexity index is 972. The summed E-state index contributed by atoms with van der Waals surface area (Å²) in [5, 5.41) is 13.6. The summed E-state index contributed by atoms with van der Waals surface area (Å²) in [6, 6.07) is 2.47. The predicted molar refractivity (Wildman–Crippen MR) is 94.2 cm³/mol. The van der Waals surface area contributed by atoms with Crippen LogP contribution in [0.5, 0.6) is 5.75 Å². The highest BCUT2D eigenvalue weighted by Gasteiger charge is 2.33. The van der Waals surface area contributed by atoms with Gasteiger partial charge < -0.3 is 20.2 Å². The van der Waals surface area contributed by atoms with Crippen LogP contribution in [-0.4, -0.2) is 45.6 Å². The van der Waals surface area contributed by atoms with Gasteiger partial charge in [0.2, 0.25) is 5.91 Å². The van der Waals surface area contributed by atoms with Crippen LogP contribution < -0.4 is 15.0 Å². The Balaban J connectivity index is 1.81. The summed E-state index contributed by atoms with van der Waals surface area (Å²) in [5.74, 6) is -1.73. The number of hydrogen-bond acceptors (Lipinski definition) is 9. The van der Waals surface area contributed by atoms with E-state index in [0.717, 1.165) is 22.3 Å². The van der Waals surface area contributed by atoms with Crippen LogP contribution in [0.4, 0.5) is 16.8 Å². The molecule has 0 saturated carbocycles. The Hall–Kier alpha value is -3.41. The average molecular weight is 391 g/mol. The zero-order chi connectivity index (χ0) is 19.7. The van der Waals surface area contributed by atoms with Gasteiger partial charge in [-0.1, -0.05) is 11.3 Å². The normalized spacial score (nSPS) is 13.0. The van der Waals surface area contributed by atoms with Gasteiger partial charge in [-0.2, -0.15) is 0 Å². The van der Waals surface area contributed by atoms with Crippen molar-refractivity contribution in [1.82, 2.24) is 9.97 Å². The van der Waals surface area contributed by atoms with Crippen LogP contribution in [0.1, 0.15) is 22.3 Å². The maximum Gasteiger partial charge on any atom is 0.366 e. The number of carbonyl (C=O) groups is 3. The second-order valence-corrected chi connectivity index (χ2v) is 6.55. The molecular formula is C15H13N5O6S. The Morgan fingerprint density at radius 1 is 1.41 bits per heavy atom. The summed E-state index contributed by atoms with van der Waals surface area (Å²) < 4.78 is 5.19. The third-order valence-corrected chi connectivity index (χ3v) is 4.76. The minimum absolute atomic E-state index is 0.102. The van der Waals surface area contributed by atoms with Crippen molar-refractivity contribution in [2.45, 2.75) is 13.8 Å². The predicted octanol–water partition coefficient (Wildman–Crippen LogP) is 1.32. The lowest BCUT2D eigenvalue weighted by molar-refractivity contribution is -0.389. The SMILES string of the molecule is CC(=O)c1sc(NC(=O)CN2C(=O)COc3ccc([N+](=O)[O-])nc32)nc1C. The van der Waals surface area contributed by atoms with Crippen molar-refractivity contribution >= 4 is 45.7 Å². The first-order valence-corrected chi connectivity index (χ1v) is 8.44. The molecule has 0 bridgehead atoms. The summed E-state index contributed by atoms with van der Waals surface area (Å²) in [7, 11) is 0. The van der Waals surface area contributed by atoms with Gasteiger partial charge in [-0.15, -0.1) is 0 Å². The average Bonchev–Trinajstić information content (AvgIpc) is 2.97. The highest BCUT2D eigenvalue weighted by atomic mass is 32.1. The molecule has 0 radical (unpaired) electrons. The van der Waals surface area contributed by atoms with E-state index >= 15 is 0 Å². The number of nitro groups is 1. The van der Waals surface area contributed by atoms with Gasteiger partial charge >= 0.3 is 5.82 Å². The molecule has 2 aromatic heterocycles. The van der Waals surface area contributed by atoms with Gasteiger partial charge in [0.15, 0.2) is 23.3 Å². The Kier molecular flexibility index (Phi) is 4.81. The van der Waals surface area contributed by atoms with Crippen molar-refractivity contribution in [3.63, 3.8) is 0 Å². The number of rotatable bonds is 5. The summed E-state index contributed by atoms with van der Waals surface area (Å²) in [6.45, 7) is 2.30. The third-order valence-electron chi connectivity index (χ3n) is 3.58. The third kappa shape index (κ3) is 3.74. The number of pyridine rings is 1. The number of nitrogens with zero attached hydrogens (tertiary/aromatic N) is 4. The summed E-state index contributed by atoms with van der Waals surface area (Å²) in [6.07, 6.45) is 0. The molecule has 2 amide bonds. The van der Waals surface area contributed by atoms with E-state index < -0.39 is 29.1 Å². The molecule has 3 rings (SSSR count). The number of ether oxygens (including phenoxy) is 1. The number of ketones is 1. The Labute approximate surface area is 156 Å². The number of aromatic nitrogens is 2. The quantitative estimate of drug-likeness (QED) is 0.456. The molecule has 0 fully saturated rings. The number of carbonyl (C=O) groups excluding carboxylic acids is 3. The molecule has 0 aromatic carbocycles.